The van der Waals surface area contributed by atoms with Crippen LogP contribution in [0.15, 0.2) is 54.6 Å². The Morgan fingerprint density at radius 1 is 0.720 bits per heavy atom. The van der Waals surface area contributed by atoms with Crippen molar-refractivity contribution in [2.75, 3.05) is 38.0 Å². The van der Waals surface area contributed by atoms with E-state index >= 15 is 0 Å². The summed E-state index contributed by atoms with van der Waals surface area (Å²) in [5.74, 6) is 0.608. The predicted octanol–water partition coefficient (Wildman–Crippen LogP) is 5.69. The van der Waals surface area contributed by atoms with Crippen molar-refractivity contribution in [3.05, 3.63) is 65.7 Å². The second kappa shape index (κ2) is 8.75. The third-order valence-corrected chi connectivity index (χ3v) is 4.84. The van der Waals surface area contributed by atoms with E-state index in [1.165, 1.54) is 40.9 Å². The van der Waals surface area contributed by atoms with E-state index in [1.54, 1.807) is 0 Å². The topological polar surface area (TPSA) is 6.48 Å². The quantitative estimate of drug-likeness (QED) is 0.641. The van der Waals surface area contributed by atoms with Gasteiger partial charge in [0.05, 0.1) is 0 Å². The Hall–Kier alpha value is -2.22. The smallest absolute Gasteiger partial charge is 0.0361 e. The van der Waals surface area contributed by atoms with Gasteiger partial charge in [-0.25, -0.2) is 0 Å². The summed E-state index contributed by atoms with van der Waals surface area (Å²) < 4.78 is 0. The zero-order chi connectivity index (χ0) is 18.4. The highest BCUT2D eigenvalue weighted by atomic mass is 15.1. The number of anilines is 2. The molecule has 0 radical (unpaired) electrons. The minimum atomic E-state index is 0.608. The van der Waals surface area contributed by atoms with Crippen molar-refractivity contribution in [3.8, 4) is 0 Å². The summed E-state index contributed by atoms with van der Waals surface area (Å²) in [5.41, 5.74) is 6.37. The lowest BCUT2D eigenvalue weighted by Gasteiger charge is -2.17. The maximum absolute atomic E-state index is 2.45. The number of hydrogen-bond donors (Lipinski definition) is 0. The molecule has 2 aromatic rings. The van der Waals surface area contributed by atoms with Gasteiger partial charge in [-0.15, -0.1) is 0 Å². The summed E-state index contributed by atoms with van der Waals surface area (Å²) in [6.07, 6.45) is 4.80. The lowest BCUT2D eigenvalue weighted by Crippen LogP contribution is -2.08. The molecule has 2 rings (SSSR count). The lowest BCUT2D eigenvalue weighted by molar-refractivity contribution is 0.607. The van der Waals surface area contributed by atoms with Gasteiger partial charge < -0.3 is 9.80 Å². The average Bonchev–Trinajstić information content (AvgIpc) is 2.63. The van der Waals surface area contributed by atoms with Gasteiger partial charge in [-0.3, -0.25) is 0 Å². The summed E-state index contributed by atoms with van der Waals surface area (Å²) in [4.78, 5) is 4.28. The Morgan fingerprint density at radius 2 is 1.08 bits per heavy atom. The van der Waals surface area contributed by atoms with Crippen molar-refractivity contribution >= 4 is 16.9 Å². The fraction of sp³-hybridized carbons (Fsp3) is 0.391. The molecule has 0 fully saturated rings. The maximum Gasteiger partial charge on any atom is 0.0361 e. The monoisotopic (exact) mass is 336 g/mol. The van der Waals surface area contributed by atoms with Crippen LogP contribution in [0, 0.1) is 5.92 Å². The summed E-state index contributed by atoms with van der Waals surface area (Å²) in [6, 6.07) is 17.8. The Bertz CT molecular complexity index is 622. The van der Waals surface area contributed by atoms with Crippen LogP contribution in [0.25, 0.3) is 5.57 Å². The van der Waals surface area contributed by atoms with Gasteiger partial charge in [-0.2, -0.15) is 0 Å². The predicted molar refractivity (Wildman–Crippen MR) is 113 cm³/mol. The third kappa shape index (κ3) is 4.88. The molecule has 0 bridgehead atoms. The van der Waals surface area contributed by atoms with Crippen LogP contribution < -0.4 is 9.80 Å². The first-order valence-electron chi connectivity index (χ1n) is 9.23. The molecular formula is C23H32N2. The van der Waals surface area contributed by atoms with Crippen LogP contribution in [0.2, 0.25) is 0 Å². The van der Waals surface area contributed by atoms with E-state index < -0.39 is 0 Å². The van der Waals surface area contributed by atoms with E-state index in [-0.39, 0.29) is 0 Å². The molecule has 2 heteroatoms. The van der Waals surface area contributed by atoms with Gasteiger partial charge in [-0.05, 0) is 59.7 Å². The third-order valence-electron chi connectivity index (χ3n) is 4.84. The number of rotatable bonds is 7. The zero-order valence-electron chi connectivity index (χ0n) is 16.6. The van der Waals surface area contributed by atoms with E-state index in [1.807, 2.05) is 0 Å². The number of allylic oxidation sites excluding steroid dienone is 1. The normalized spacial score (nSPS) is 10.7. The van der Waals surface area contributed by atoms with Crippen molar-refractivity contribution in [1.82, 2.24) is 0 Å². The average molecular weight is 337 g/mol. The van der Waals surface area contributed by atoms with E-state index in [2.05, 4.69) is 106 Å². The molecule has 0 heterocycles. The van der Waals surface area contributed by atoms with E-state index in [0.29, 0.717) is 5.92 Å². The highest BCUT2D eigenvalue weighted by molar-refractivity contribution is 5.81. The summed E-state index contributed by atoms with van der Waals surface area (Å²) in [7, 11) is 8.32. The highest BCUT2D eigenvalue weighted by Gasteiger charge is 2.10. The van der Waals surface area contributed by atoms with Crippen LogP contribution in [0.3, 0.4) is 0 Å². The molecule has 134 valence electrons. The molecule has 0 aromatic heterocycles. The van der Waals surface area contributed by atoms with Gasteiger partial charge in [0.15, 0.2) is 0 Å². The number of hydrogen-bond acceptors (Lipinski definition) is 2. The van der Waals surface area contributed by atoms with Gasteiger partial charge in [-0.1, -0.05) is 44.2 Å². The summed E-state index contributed by atoms with van der Waals surface area (Å²) in [5, 5.41) is 0. The molecule has 0 atom stereocenters. The van der Waals surface area contributed by atoms with Crippen LogP contribution in [0.5, 0.6) is 0 Å². The number of benzene rings is 2. The fourth-order valence-electron chi connectivity index (χ4n) is 3.00. The van der Waals surface area contributed by atoms with Crippen LogP contribution >= 0.6 is 0 Å². The standard InChI is InChI=1S/C23H32N2/c1-7-18(8-2)17-23(19-9-13-21(14-10-19)24(3)4)20-11-15-22(16-12-20)25(5)6/h9-18H,7-8H2,1-6H3. The molecule has 2 nitrogen and oxygen atoms in total. The second-order valence-corrected chi connectivity index (χ2v) is 7.04. The largest absolute Gasteiger partial charge is 0.378 e. The maximum atomic E-state index is 2.45. The summed E-state index contributed by atoms with van der Waals surface area (Å²) >= 11 is 0. The Labute approximate surface area is 153 Å². The Balaban J connectivity index is 2.46. The van der Waals surface area contributed by atoms with E-state index in [4.69, 9.17) is 0 Å². The molecule has 25 heavy (non-hydrogen) atoms. The highest BCUT2D eigenvalue weighted by Crippen LogP contribution is 2.29. The van der Waals surface area contributed by atoms with Gasteiger partial charge in [0.25, 0.3) is 0 Å². The van der Waals surface area contributed by atoms with Gasteiger partial charge in [0.1, 0.15) is 0 Å². The SMILES string of the molecule is CCC(C=C(c1ccc(N(C)C)cc1)c1ccc(N(C)C)cc1)CC. The minimum absolute atomic E-state index is 0.608. The molecule has 0 N–H and O–H groups in total. The van der Waals surface area contributed by atoms with Crippen molar-refractivity contribution in [2.24, 2.45) is 5.92 Å². The first kappa shape index (κ1) is 19.1. The number of nitrogens with zero attached hydrogens (tertiary/aromatic N) is 2. The van der Waals surface area contributed by atoms with Crippen LogP contribution in [-0.4, -0.2) is 28.2 Å². The van der Waals surface area contributed by atoms with Crippen molar-refractivity contribution in [2.45, 2.75) is 26.7 Å². The molecule has 0 aliphatic heterocycles. The first-order valence-corrected chi connectivity index (χ1v) is 9.23. The van der Waals surface area contributed by atoms with Crippen molar-refractivity contribution < 1.29 is 0 Å². The Morgan fingerprint density at radius 3 is 1.36 bits per heavy atom. The molecule has 0 saturated carbocycles. The molecule has 0 unspecified atom stereocenters. The molecule has 0 saturated heterocycles. The van der Waals surface area contributed by atoms with Crippen LogP contribution in [0.1, 0.15) is 37.8 Å². The lowest BCUT2D eigenvalue weighted by atomic mass is 9.91. The molecular weight excluding hydrogens is 304 g/mol. The first-order chi connectivity index (χ1) is 12.0. The van der Waals surface area contributed by atoms with Gasteiger partial charge in [0, 0.05) is 39.6 Å². The summed E-state index contributed by atoms with van der Waals surface area (Å²) in [6.45, 7) is 4.54. The second-order valence-electron chi connectivity index (χ2n) is 7.04. The van der Waals surface area contributed by atoms with Gasteiger partial charge >= 0.3 is 0 Å². The minimum Gasteiger partial charge on any atom is -0.378 e. The van der Waals surface area contributed by atoms with Crippen LogP contribution in [0.4, 0.5) is 11.4 Å². The molecule has 0 amide bonds. The van der Waals surface area contributed by atoms with Crippen molar-refractivity contribution in [1.29, 1.82) is 0 Å². The van der Waals surface area contributed by atoms with Crippen LogP contribution in [-0.2, 0) is 0 Å². The van der Waals surface area contributed by atoms with Gasteiger partial charge in [0.2, 0.25) is 0 Å². The molecule has 2 aromatic carbocycles. The van der Waals surface area contributed by atoms with E-state index in [9.17, 15) is 0 Å². The van der Waals surface area contributed by atoms with Crippen molar-refractivity contribution in [3.63, 3.8) is 0 Å². The Kier molecular flexibility index (Phi) is 6.69. The molecule has 0 aliphatic carbocycles. The van der Waals surface area contributed by atoms with E-state index in [0.717, 1.165) is 0 Å². The zero-order valence-corrected chi connectivity index (χ0v) is 16.6. The fourth-order valence-corrected chi connectivity index (χ4v) is 3.00. The molecule has 0 spiro atoms. The molecule has 0 aliphatic rings.